The minimum absolute atomic E-state index is 0.00649. The van der Waals surface area contributed by atoms with Gasteiger partial charge in [-0.25, -0.2) is 4.79 Å². The summed E-state index contributed by atoms with van der Waals surface area (Å²) in [5.74, 6) is 0.215. The molecule has 2 aliphatic rings. The molecule has 2 aliphatic heterocycles. The Labute approximate surface area is 204 Å². The van der Waals surface area contributed by atoms with E-state index in [2.05, 4.69) is 0 Å². The van der Waals surface area contributed by atoms with Crippen molar-refractivity contribution in [3.8, 4) is 0 Å². The van der Waals surface area contributed by atoms with Crippen LogP contribution in [0.2, 0.25) is 0 Å². The number of esters is 2. The van der Waals surface area contributed by atoms with E-state index < -0.39 is 10.9 Å². The fourth-order valence-corrected chi connectivity index (χ4v) is 5.35. The molecule has 4 rings (SSSR count). The van der Waals surface area contributed by atoms with Crippen LogP contribution in [0.1, 0.15) is 37.4 Å². The van der Waals surface area contributed by atoms with E-state index in [1.54, 1.807) is 29.2 Å². The lowest BCUT2D eigenvalue weighted by Gasteiger charge is -2.40. The van der Waals surface area contributed by atoms with Crippen molar-refractivity contribution in [2.45, 2.75) is 38.9 Å². The van der Waals surface area contributed by atoms with Crippen molar-refractivity contribution < 1.29 is 28.4 Å². The summed E-state index contributed by atoms with van der Waals surface area (Å²) >= 11 is 7.11. The van der Waals surface area contributed by atoms with Gasteiger partial charge in [0.05, 0.1) is 4.92 Å². The van der Waals surface area contributed by atoms with Crippen LogP contribution in [0, 0.1) is 10.1 Å². The van der Waals surface area contributed by atoms with Gasteiger partial charge in [-0.05, 0) is 42.3 Å². The van der Waals surface area contributed by atoms with Gasteiger partial charge in [0.25, 0.3) is 5.69 Å². The molecule has 1 aromatic heterocycles. The molecule has 0 spiro atoms. The zero-order chi connectivity index (χ0) is 24.4. The molecule has 176 valence electrons. The first-order valence-corrected chi connectivity index (χ1v) is 11.6. The number of ether oxygens (including phenoxy) is 2. The number of hydrogen-bond donors (Lipinski definition) is 0. The highest BCUT2D eigenvalue weighted by atomic mass is 32.2. The molecular formula is C23H20N2O7S2. The molecule has 3 heterocycles. The second kappa shape index (κ2) is 9.82. The zero-order valence-corrected chi connectivity index (χ0v) is 19.9. The van der Waals surface area contributed by atoms with Crippen molar-refractivity contribution in [2.75, 3.05) is 0 Å². The monoisotopic (exact) mass is 500 g/mol. The first kappa shape index (κ1) is 23.7. The summed E-state index contributed by atoms with van der Waals surface area (Å²) in [6, 6.07) is 9.35. The summed E-state index contributed by atoms with van der Waals surface area (Å²) in [6.07, 6.45) is 2.47. The van der Waals surface area contributed by atoms with Crippen LogP contribution in [0.4, 0.5) is 5.69 Å². The number of nitro benzene ring substituents is 1. The normalized spacial score (nSPS) is 18.1. The van der Waals surface area contributed by atoms with Crippen molar-refractivity contribution in [2.24, 2.45) is 0 Å². The molecule has 0 saturated carbocycles. The largest absolute Gasteiger partial charge is 0.458 e. The smallest absolute Gasteiger partial charge is 0.356 e. The summed E-state index contributed by atoms with van der Waals surface area (Å²) in [5.41, 5.74) is 1.91. The number of thioether (sulfide) groups is 1. The number of carbonyl (C=O) groups is 2. The number of furan rings is 1. The number of benzene rings is 1. The van der Waals surface area contributed by atoms with Gasteiger partial charge in [-0.1, -0.05) is 30.9 Å². The van der Waals surface area contributed by atoms with E-state index in [9.17, 15) is 19.7 Å². The fraction of sp³-hybridized carbons (Fsp3) is 0.261. The minimum Gasteiger partial charge on any atom is -0.458 e. The topological polar surface area (TPSA) is 112 Å². The number of fused-ring (bicyclic) bond motifs is 1. The Kier molecular flexibility index (Phi) is 6.85. The number of rotatable bonds is 8. The third-order valence-corrected chi connectivity index (χ3v) is 7.04. The summed E-state index contributed by atoms with van der Waals surface area (Å²) in [5, 5.41) is 10.6. The Morgan fingerprint density at radius 2 is 1.94 bits per heavy atom. The average molecular weight is 501 g/mol. The van der Waals surface area contributed by atoms with Crippen molar-refractivity contribution in [1.29, 1.82) is 0 Å². The predicted molar refractivity (Wildman–Crippen MR) is 128 cm³/mol. The molecule has 0 amide bonds. The molecule has 2 aromatic rings. The van der Waals surface area contributed by atoms with Crippen LogP contribution in [0.25, 0.3) is 6.08 Å². The second-order valence-electron chi connectivity index (χ2n) is 7.45. The maximum atomic E-state index is 12.9. The number of thiocarbonyl (C=S) groups is 1. The van der Waals surface area contributed by atoms with E-state index in [0.29, 0.717) is 34.2 Å². The van der Waals surface area contributed by atoms with Gasteiger partial charge in [0.2, 0.25) is 0 Å². The standard InChI is InChI=1S/C23H20N2O7S2/c1-3-19-20(23(27)31-11-14-4-6-15(7-5-14)25(28)29)24-21(33)18(22(24)34-19)10-16-8-9-17(32-16)12-30-13(2)26/h4-10,22H,3,11-12H2,1-2H3. The highest BCUT2D eigenvalue weighted by Crippen LogP contribution is 2.51. The lowest BCUT2D eigenvalue weighted by Crippen LogP contribution is -2.50. The van der Waals surface area contributed by atoms with Crippen LogP contribution >= 0.6 is 24.0 Å². The molecule has 1 fully saturated rings. The Morgan fingerprint density at radius 3 is 2.59 bits per heavy atom. The molecular weight excluding hydrogens is 480 g/mol. The first-order valence-electron chi connectivity index (χ1n) is 10.4. The van der Waals surface area contributed by atoms with Crippen molar-refractivity contribution in [3.05, 3.63) is 79.8 Å². The van der Waals surface area contributed by atoms with E-state index in [4.69, 9.17) is 26.1 Å². The number of non-ortho nitro benzene ring substituents is 1. The van der Waals surface area contributed by atoms with Gasteiger partial charge in [0, 0.05) is 29.5 Å². The molecule has 0 bridgehead atoms. The zero-order valence-electron chi connectivity index (χ0n) is 18.3. The van der Waals surface area contributed by atoms with Gasteiger partial charge in [-0.2, -0.15) is 0 Å². The van der Waals surface area contributed by atoms with E-state index in [1.807, 2.05) is 13.0 Å². The van der Waals surface area contributed by atoms with E-state index in [1.165, 1.54) is 30.8 Å². The predicted octanol–water partition coefficient (Wildman–Crippen LogP) is 4.72. The number of hydrogen-bond acceptors (Lipinski definition) is 9. The van der Waals surface area contributed by atoms with Gasteiger partial charge in [-0.3, -0.25) is 14.9 Å². The molecule has 1 atom stereocenters. The van der Waals surface area contributed by atoms with Crippen LogP contribution in [-0.2, 0) is 32.3 Å². The van der Waals surface area contributed by atoms with Gasteiger partial charge in [0.15, 0.2) is 0 Å². The van der Waals surface area contributed by atoms with E-state index in [0.717, 1.165) is 10.5 Å². The average Bonchev–Trinajstić information content (AvgIpc) is 3.42. The van der Waals surface area contributed by atoms with Gasteiger partial charge >= 0.3 is 11.9 Å². The number of carbonyl (C=O) groups excluding carboxylic acids is 2. The molecule has 34 heavy (non-hydrogen) atoms. The lowest BCUT2D eigenvalue weighted by molar-refractivity contribution is -0.384. The lowest BCUT2D eigenvalue weighted by atomic mass is 10.0. The molecule has 0 N–H and O–H groups in total. The quantitative estimate of drug-likeness (QED) is 0.166. The molecule has 0 radical (unpaired) electrons. The maximum Gasteiger partial charge on any atom is 0.356 e. The highest BCUT2D eigenvalue weighted by molar-refractivity contribution is 8.04. The van der Waals surface area contributed by atoms with Gasteiger partial charge in [0.1, 0.15) is 40.8 Å². The van der Waals surface area contributed by atoms with Crippen molar-refractivity contribution in [3.63, 3.8) is 0 Å². The summed E-state index contributed by atoms with van der Waals surface area (Å²) < 4.78 is 16.1. The Bertz CT molecular complexity index is 1230. The Balaban J connectivity index is 1.43. The summed E-state index contributed by atoms with van der Waals surface area (Å²) in [4.78, 5) is 37.4. The number of allylic oxidation sites excluding steroid dienone is 1. The number of nitro groups is 1. The molecule has 0 aliphatic carbocycles. The third kappa shape index (κ3) is 4.75. The van der Waals surface area contributed by atoms with Crippen LogP contribution in [0.5, 0.6) is 0 Å². The minimum atomic E-state index is -0.492. The third-order valence-electron chi connectivity index (χ3n) is 5.15. The van der Waals surface area contributed by atoms with E-state index >= 15 is 0 Å². The second-order valence-corrected chi connectivity index (χ2v) is 9.02. The molecule has 11 heteroatoms. The van der Waals surface area contributed by atoms with Crippen LogP contribution in [-0.4, -0.2) is 32.1 Å². The van der Waals surface area contributed by atoms with Crippen LogP contribution in [0.3, 0.4) is 0 Å². The van der Waals surface area contributed by atoms with Crippen molar-refractivity contribution in [1.82, 2.24) is 4.90 Å². The van der Waals surface area contributed by atoms with Gasteiger partial charge < -0.3 is 18.8 Å². The molecule has 1 unspecified atom stereocenters. The SMILES string of the molecule is CCC1=C(C(=O)OCc2ccc([N+](=O)[O-])cc2)N2C(=S)C(=Cc3ccc(COC(C)=O)o3)C2S1. The van der Waals surface area contributed by atoms with E-state index in [-0.39, 0.29) is 30.2 Å². The maximum absolute atomic E-state index is 12.9. The van der Waals surface area contributed by atoms with Gasteiger partial charge in [-0.15, -0.1) is 0 Å². The molecule has 1 saturated heterocycles. The molecule has 1 aromatic carbocycles. The summed E-state index contributed by atoms with van der Waals surface area (Å²) in [7, 11) is 0. The van der Waals surface area contributed by atoms with Crippen LogP contribution in [0.15, 0.2) is 57.0 Å². The van der Waals surface area contributed by atoms with Crippen molar-refractivity contribution >= 4 is 52.7 Å². The highest BCUT2D eigenvalue weighted by Gasteiger charge is 2.49. The number of nitrogens with zero attached hydrogens (tertiary/aromatic N) is 2. The summed E-state index contributed by atoms with van der Waals surface area (Å²) in [6.45, 7) is 3.34. The first-order chi connectivity index (χ1) is 16.3. The van der Waals surface area contributed by atoms with Crippen LogP contribution < -0.4 is 0 Å². The Morgan fingerprint density at radius 1 is 1.21 bits per heavy atom. The Hall–Kier alpha value is -3.44. The molecule has 9 nitrogen and oxygen atoms in total. The fourth-order valence-electron chi connectivity index (χ4n) is 3.49.